The number of benzene rings is 2. The van der Waals surface area contributed by atoms with E-state index in [4.69, 9.17) is 9.47 Å². The van der Waals surface area contributed by atoms with Crippen molar-refractivity contribution in [2.24, 2.45) is 0 Å². The third-order valence-electron chi connectivity index (χ3n) is 6.79. The first-order valence-electron chi connectivity index (χ1n) is 12.4. The van der Waals surface area contributed by atoms with Gasteiger partial charge in [0.25, 0.3) is 11.5 Å². The summed E-state index contributed by atoms with van der Waals surface area (Å²) in [6, 6.07) is 14.6. The van der Waals surface area contributed by atoms with Crippen LogP contribution in [0.4, 0.5) is 5.82 Å². The highest BCUT2D eigenvalue weighted by atomic mass is 79.9. The van der Waals surface area contributed by atoms with Gasteiger partial charge >= 0.3 is 0 Å². The van der Waals surface area contributed by atoms with E-state index in [1.165, 1.54) is 14.2 Å². The zero-order chi connectivity index (χ0) is 26.6. The molecule has 0 saturated carbocycles. The Labute approximate surface area is 228 Å². The molecule has 0 spiro atoms. The summed E-state index contributed by atoms with van der Waals surface area (Å²) in [5.41, 5.74) is 2.36. The second-order valence-electron chi connectivity index (χ2n) is 9.10. The molecule has 1 amide bonds. The van der Waals surface area contributed by atoms with Gasteiger partial charge in [-0.25, -0.2) is 4.98 Å². The van der Waals surface area contributed by atoms with Gasteiger partial charge in [-0.1, -0.05) is 28.4 Å². The summed E-state index contributed by atoms with van der Waals surface area (Å²) in [7, 11) is 3.03. The second kappa shape index (κ2) is 11.3. The van der Waals surface area contributed by atoms with E-state index in [0.717, 1.165) is 35.8 Å². The number of nitrogens with one attached hydrogen (secondary N) is 1. The van der Waals surface area contributed by atoms with Crippen LogP contribution in [-0.4, -0.2) is 46.1 Å². The Balaban J connectivity index is 1.52. The van der Waals surface area contributed by atoms with Crippen molar-refractivity contribution in [1.29, 1.82) is 0 Å². The Morgan fingerprint density at radius 3 is 2.71 bits per heavy atom. The van der Waals surface area contributed by atoms with Crippen molar-refractivity contribution >= 4 is 38.7 Å². The molecule has 10 heteroatoms. The number of halogens is 1. The van der Waals surface area contributed by atoms with Gasteiger partial charge in [0.1, 0.15) is 0 Å². The van der Waals surface area contributed by atoms with Crippen LogP contribution >= 0.6 is 15.9 Å². The number of aromatic nitrogens is 3. The predicted octanol–water partition coefficient (Wildman–Crippen LogP) is 5.01. The quantitative estimate of drug-likeness (QED) is 0.329. The van der Waals surface area contributed by atoms with Crippen LogP contribution < -0.4 is 20.3 Å². The highest BCUT2D eigenvalue weighted by Gasteiger charge is 2.26. The van der Waals surface area contributed by atoms with Crippen LogP contribution in [0, 0.1) is 0 Å². The number of carbonyl (C=O) groups is 1. The number of rotatable bonds is 7. The maximum absolute atomic E-state index is 13.8. The molecule has 4 aromatic rings. The fourth-order valence-electron chi connectivity index (χ4n) is 4.89. The van der Waals surface area contributed by atoms with E-state index in [9.17, 15) is 9.59 Å². The molecule has 1 unspecified atom stereocenters. The first kappa shape index (κ1) is 25.9. The minimum Gasteiger partial charge on any atom is -0.493 e. The standard InChI is InChI=1S/C28H28BrN5O4/c1-37-24-11-8-18(14-25(24)38-2)27(35)32-26-28(36)34(23-10-9-20(29)15-21(23)31-26)17-33-13-4-3-7-22(33)19-6-5-12-30-16-19/h5-6,8-12,14-16,22H,3-4,7,13,17H2,1-2H3,(H,31,32,35). The fraction of sp³-hybridized carbons (Fsp3) is 0.286. The van der Waals surface area contributed by atoms with Crippen molar-refractivity contribution in [2.75, 3.05) is 26.1 Å². The number of pyridine rings is 1. The van der Waals surface area contributed by atoms with Crippen LogP contribution in [0.1, 0.15) is 41.2 Å². The van der Waals surface area contributed by atoms with Gasteiger partial charge in [-0.05, 0) is 60.9 Å². The van der Waals surface area contributed by atoms with Gasteiger partial charge in [0.05, 0.1) is 31.9 Å². The number of nitrogens with zero attached hydrogens (tertiary/aromatic N) is 4. The van der Waals surface area contributed by atoms with Crippen molar-refractivity contribution in [3.63, 3.8) is 0 Å². The molecule has 1 fully saturated rings. The third-order valence-corrected chi connectivity index (χ3v) is 7.29. The van der Waals surface area contributed by atoms with E-state index in [2.05, 4.69) is 42.2 Å². The molecule has 1 saturated heterocycles. The van der Waals surface area contributed by atoms with E-state index in [1.54, 1.807) is 29.0 Å². The fourth-order valence-corrected chi connectivity index (χ4v) is 5.24. The Kier molecular flexibility index (Phi) is 7.71. The summed E-state index contributed by atoms with van der Waals surface area (Å²) >= 11 is 3.50. The normalized spacial score (nSPS) is 15.8. The van der Waals surface area contributed by atoms with Gasteiger partial charge < -0.3 is 14.8 Å². The SMILES string of the molecule is COc1ccc(C(=O)Nc2nc3cc(Br)ccc3n(CN3CCCCC3c3cccnc3)c2=O)cc1OC. The number of amides is 1. The summed E-state index contributed by atoms with van der Waals surface area (Å²) in [6.07, 6.45) is 6.80. The van der Waals surface area contributed by atoms with Crippen molar-refractivity contribution < 1.29 is 14.3 Å². The van der Waals surface area contributed by atoms with Crippen molar-refractivity contribution in [2.45, 2.75) is 32.0 Å². The highest BCUT2D eigenvalue weighted by molar-refractivity contribution is 9.10. The molecule has 2 aromatic carbocycles. The van der Waals surface area contributed by atoms with Crippen LogP contribution in [0.5, 0.6) is 11.5 Å². The number of anilines is 1. The summed E-state index contributed by atoms with van der Waals surface area (Å²) in [5.74, 6) is 0.414. The molecular formula is C28H28BrN5O4. The number of hydrogen-bond donors (Lipinski definition) is 1. The lowest BCUT2D eigenvalue weighted by atomic mass is 9.97. The van der Waals surface area contributed by atoms with E-state index in [-0.39, 0.29) is 17.4 Å². The zero-order valence-corrected chi connectivity index (χ0v) is 22.8. The minimum absolute atomic E-state index is 0.0367. The lowest BCUT2D eigenvalue weighted by molar-refractivity contribution is 0.102. The van der Waals surface area contributed by atoms with E-state index in [0.29, 0.717) is 34.8 Å². The van der Waals surface area contributed by atoms with Gasteiger partial charge in [-0.2, -0.15) is 0 Å². The van der Waals surface area contributed by atoms with Crippen molar-refractivity contribution in [3.8, 4) is 11.5 Å². The van der Waals surface area contributed by atoms with Crippen LogP contribution in [0.25, 0.3) is 11.0 Å². The largest absolute Gasteiger partial charge is 0.493 e. The van der Waals surface area contributed by atoms with Crippen LogP contribution in [-0.2, 0) is 6.67 Å². The summed E-state index contributed by atoms with van der Waals surface area (Å²) in [4.78, 5) is 38.0. The molecule has 0 bridgehead atoms. The Morgan fingerprint density at radius 1 is 1.11 bits per heavy atom. The molecule has 1 aliphatic heterocycles. The van der Waals surface area contributed by atoms with Gasteiger partial charge in [-0.3, -0.25) is 24.0 Å². The van der Waals surface area contributed by atoms with E-state index < -0.39 is 5.91 Å². The summed E-state index contributed by atoms with van der Waals surface area (Å²) in [5, 5.41) is 2.72. The maximum atomic E-state index is 13.8. The molecule has 5 rings (SSSR count). The average molecular weight is 578 g/mol. The Bertz CT molecular complexity index is 1530. The molecule has 2 aromatic heterocycles. The summed E-state index contributed by atoms with van der Waals surface area (Å²) < 4.78 is 13.1. The number of fused-ring (bicyclic) bond motifs is 1. The van der Waals surface area contributed by atoms with Crippen LogP contribution in [0.15, 0.2) is 70.2 Å². The molecule has 3 heterocycles. The minimum atomic E-state index is -0.470. The number of ether oxygens (including phenoxy) is 2. The molecule has 9 nitrogen and oxygen atoms in total. The highest BCUT2D eigenvalue weighted by Crippen LogP contribution is 2.31. The first-order valence-corrected chi connectivity index (χ1v) is 13.1. The molecule has 0 aliphatic carbocycles. The number of methoxy groups -OCH3 is 2. The lowest BCUT2D eigenvalue weighted by Crippen LogP contribution is -2.39. The number of piperidine rings is 1. The first-order chi connectivity index (χ1) is 18.5. The van der Waals surface area contributed by atoms with Crippen molar-refractivity contribution in [1.82, 2.24) is 19.4 Å². The number of carbonyl (C=O) groups excluding carboxylic acids is 1. The molecule has 1 atom stereocenters. The zero-order valence-electron chi connectivity index (χ0n) is 21.2. The molecule has 1 N–H and O–H groups in total. The third kappa shape index (κ3) is 5.27. The van der Waals surface area contributed by atoms with Crippen molar-refractivity contribution in [3.05, 3.63) is 86.9 Å². The Hall–Kier alpha value is -3.76. The maximum Gasteiger partial charge on any atom is 0.295 e. The van der Waals surface area contributed by atoms with E-state index >= 15 is 0 Å². The van der Waals surface area contributed by atoms with Gasteiger partial charge in [0, 0.05) is 35.0 Å². The van der Waals surface area contributed by atoms with Gasteiger partial charge in [0.2, 0.25) is 0 Å². The van der Waals surface area contributed by atoms with Gasteiger partial charge in [-0.15, -0.1) is 0 Å². The average Bonchev–Trinajstić information content (AvgIpc) is 2.95. The number of likely N-dealkylation sites (tertiary alicyclic amines) is 1. The second-order valence-corrected chi connectivity index (χ2v) is 10.0. The smallest absolute Gasteiger partial charge is 0.295 e. The topological polar surface area (TPSA) is 98.6 Å². The van der Waals surface area contributed by atoms with Crippen LogP contribution in [0.3, 0.4) is 0 Å². The molecule has 196 valence electrons. The van der Waals surface area contributed by atoms with Gasteiger partial charge in [0.15, 0.2) is 17.3 Å². The molecule has 38 heavy (non-hydrogen) atoms. The molecular weight excluding hydrogens is 550 g/mol. The summed E-state index contributed by atoms with van der Waals surface area (Å²) in [6.45, 7) is 1.21. The monoisotopic (exact) mass is 577 g/mol. The predicted molar refractivity (Wildman–Crippen MR) is 149 cm³/mol. The Morgan fingerprint density at radius 2 is 1.95 bits per heavy atom. The van der Waals surface area contributed by atoms with Crippen LogP contribution in [0.2, 0.25) is 0 Å². The molecule has 1 aliphatic rings. The van der Waals surface area contributed by atoms with E-state index in [1.807, 2.05) is 30.5 Å². The lowest BCUT2D eigenvalue weighted by Gasteiger charge is -2.36. The molecule has 0 radical (unpaired) electrons. The number of hydrogen-bond acceptors (Lipinski definition) is 7.